The van der Waals surface area contributed by atoms with E-state index in [9.17, 15) is 9.59 Å². The molecule has 0 bridgehead atoms. The van der Waals surface area contributed by atoms with Gasteiger partial charge in [0.2, 0.25) is 0 Å². The number of rotatable bonds is 5. The predicted octanol–water partition coefficient (Wildman–Crippen LogP) is 3.22. The van der Waals surface area contributed by atoms with Crippen LogP contribution in [0.5, 0.6) is 0 Å². The summed E-state index contributed by atoms with van der Waals surface area (Å²) in [4.78, 5) is 21.4. The summed E-state index contributed by atoms with van der Waals surface area (Å²) in [5.41, 5.74) is 0.962. The molecule has 0 saturated heterocycles. The number of carbonyl (C=O) groups is 2. The molecule has 2 aromatic rings. The van der Waals surface area contributed by atoms with Crippen LogP contribution in [0.25, 0.3) is 11.3 Å². The molecule has 2 rings (SSSR count). The van der Waals surface area contributed by atoms with Crippen molar-refractivity contribution in [3.8, 4) is 11.3 Å². The third kappa shape index (κ3) is 3.06. The summed E-state index contributed by atoms with van der Waals surface area (Å²) in [6.45, 7) is 1.78. The summed E-state index contributed by atoms with van der Waals surface area (Å²) in [6.07, 6.45) is 0.00487. The van der Waals surface area contributed by atoms with Crippen molar-refractivity contribution in [1.82, 2.24) is 0 Å². The number of aliphatic carboxylic acids is 1. The summed E-state index contributed by atoms with van der Waals surface area (Å²) in [5.74, 6) is -0.869. The first-order valence-electron chi connectivity index (χ1n) is 6.12. The lowest BCUT2D eigenvalue weighted by atomic mass is 10.1. The SMILES string of the molecule is CC(CC(=O)O)c1ccc(-c2ccc(C(=O)O)cc2)o1. The van der Waals surface area contributed by atoms with Crippen molar-refractivity contribution in [2.45, 2.75) is 19.3 Å². The number of carboxylic acids is 2. The minimum Gasteiger partial charge on any atom is -0.481 e. The molecule has 1 aromatic carbocycles. The summed E-state index contributed by atoms with van der Waals surface area (Å²) >= 11 is 0. The highest BCUT2D eigenvalue weighted by Gasteiger charge is 2.15. The Hall–Kier alpha value is -2.56. The van der Waals surface area contributed by atoms with Crippen molar-refractivity contribution in [2.24, 2.45) is 0 Å². The molecule has 5 nitrogen and oxygen atoms in total. The Bertz CT molecular complexity index is 624. The van der Waals surface area contributed by atoms with Crippen LogP contribution in [0.15, 0.2) is 40.8 Å². The van der Waals surface area contributed by atoms with E-state index >= 15 is 0 Å². The normalized spacial score (nSPS) is 12.1. The van der Waals surface area contributed by atoms with Gasteiger partial charge in [0, 0.05) is 11.5 Å². The molecular weight excluding hydrogens is 260 g/mol. The van der Waals surface area contributed by atoms with Crippen LogP contribution in [0.2, 0.25) is 0 Å². The first-order valence-corrected chi connectivity index (χ1v) is 6.12. The van der Waals surface area contributed by atoms with Gasteiger partial charge in [0.1, 0.15) is 11.5 Å². The molecule has 20 heavy (non-hydrogen) atoms. The molecule has 1 heterocycles. The Morgan fingerprint density at radius 3 is 2.30 bits per heavy atom. The first-order chi connectivity index (χ1) is 9.47. The van der Waals surface area contributed by atoms with E-state index in [2.05, 4.69) is 0 Å². The highest BCUT2D eigenvalue weighted by Crippen LogP contribution is 2.27. The fraction of sp³-hybridized carbons (Fsp3) is 0.200. The molecule has 0 aliphatic carbocycles. The molecule has 1 atom stereocenters. The van der Waals surface area contributed by atoms with Crippen molar-refractivity contribution in [3.05, 3.63) is 47.7 Å². The number of furan rings is 1. The van der Waals surface area contributed by atoms with E-state index in [1.54, 1.807) is 31.2 Å². The van der Waals surface area contributed by atoms with Crippen LogP contribution < -0.4 is 0 Å². The summed E-state index contributed by atoms with van der Waals surface area (Å²) in [7, 11) is 0. The van der Waals surface area contributed by atoms with Gasteiger partial charge in [-0.05, 0) is 24.3 Å². The molecule has 104 valence electrons. The molecule has 1 unspecified atom stereocenters. The molecule has 0 spiro atoms. The fourth-order valence-electron chi connectivity index (χ4n) is 1.91. The Balaban J connectivity index is 2.20. The molecule has 5 heteroatoms. The number of carboxylic acid groups (broad SMARTS) is 2. The predicted molar refractivity (Wildman–Crippen MR) is 71.8 cm³/mol. The van der Waals surface area contributed by atoms with Crippen LogP contribution >= 0.6 is 0 Å². The summed E-state index contributed by atoms with van der Waals surface area (Å²) in [6, 6.07) is 9.82. The monoisotopic (exact) mass is 274 g/mol. The van der Waals surface area contributed by atoms with Crippen molar-refractivity contribution in [2.75, 3.05) is 0 Å². The van der Waals surface area contributed by atoms with E-state index in [1.165, 1.54) is 12.1 Å². The van der Waals surface area contributed by atoms with Gasteiger partial charge in [0.25, 0.3) is 0 Å². The van der Waals surface area contributed by atoms with E-state index in [0.717, 1.165) is 5.56 Å². The molecule has 0 aliphatic heterocycles. The molecule has 0 radical (unpaired) electrons. The lowest BCUT2D eigenvalue weighted by Gasteiger charge is -2.04. The van der Waals surface area contributed by atoms with Crippen LogP contribution in [-0.4, -0.2) is 22.2 Å². The molecule has 0 amide bonds. The summed E-state index contributed by atoms with van der Waals surface area (Å²) in [5, 5.41) is 17.6. The maximum atomic E-state index is 10.8. The fourth-order valence-corrected chi connectivity index (χ4v) is 1.91. The minimum absolute atomic E-state index is 0.00487. The zero-order chi connectivity index (χ0) is 14.7. The van der Waals surface area contributed by atoms with Crippen LogP contribution in [0.1, 0.15) is 35.4 Å². The lowest BCUT2D eigenvalue weighted by Crippen LogP contribution is -2.01. The average molecular weight is 274 g/mol. The van der Waals surface area contributed by atoms with Crippen molar-refractivity contribution in [3.63, 3.8) is 0 Å². The minimum atomic E-state index is -0.980. The lowest BCUT2D eigenvalue weighted by molar-refractivity contribution is -0.137. The van der Waals surface area contributed by atoms with Crippen molar-refractivity contribution in [1.29, 1.82) is 0 Å². The van der Waals surface area contributed by atoms with Crippen LogP contribution in [-0.2, 0) is 4.79 Å². The van der Waals surface area contributed by atoms with Gasteiger partial charge in [-0.25, -0.2) is 4.79 Å². The first kappa shape index (κ1) is 13.9. The smallest absolute Gasteiger partial charge is 0.335 e. The number of hydrogen-bond donors (Lipinski definition) is 2. The van der Waals surface area contributed by atoms with Gasteiger partial charge in [-0.2, -0.15) is 0 Å². The zero-order valence-corrected chi connectivity index (χ0v) is 10.9. The van der Waals surface area contributed by atoms with E-state index < -0.39 is 11.9 Å². The van der Waals surface area contributed by atoms with Gasteiger partial charge in [-0.3, -0.25) is 4.79 Å². The summed E-state index contributed by atoms with van der Waals surface area (Å²) < 4.78 is 5.62. The van der Waals surface area contributed by atoms with E-state index in [1.807, 2.05) is 0 Å². The van der Waals surface area contributed by atoms with Gasteiger partial charge in [-0.15, -0.1) is 0 Å². The Morgan fingerprint density at radius 1 is 1.10 bits per heavy atom. The van der Waals surface area contributed by atoms with Gasteiger partial charge >= 0.3 is 11.9 Å². The molecular formula is C15H14O5. The Morgan fingerprint density at radius 2 is 1.75 bits per heavy atom. The molecule has 0 saturated carbocycles. The number of benzene rings is 1. The Labute approximate surface area is 115 Å². The second-order valence-electron chi connectivity index (χ2n) is 4.58. The topological polar surface area (TPSA) is 87.7 Å². The molecule has 0 fully saturated rings. The van der Waals surface area contributed by atoms with Crippen LogP contribution in [0.4, 0.5) is 0 Å². The average Bonchev–Trinajstić information content (AvgIpc) is 2.87. The standard InChI is InChI=1S/C15H14O5/c1-9(8-14(16)17)12-6-7-13(20-12)10-2-4-11(5-3-10)15(18)19/h2-7,9H,8H2,1H3,(H,16,17)(H,18,19). The molecule has 0 aliphatic rings. The largest absolute Gasteiger partial charge is 0.481 e. The molecule has 1 aromatic heterocycles. The van der Waals surface area contributed by atoms with Gasteiger partial charge < -0.3 is 14.6 Å². The van der Waals surface area contributed by atoms with Gasteiger partial charge in [-0.1, -0.05) is 19.1 Å². The third-order valence-corrected chi connectivity index (χ3v) is 3.01. The van der Waals surface area contributed by atoms with Crippen LogP contribution in [0, 0.1) is 0 Å². The van der Waals surface area contributed by atoms with E-state index in [-0.39, 0.29) is 17.9 Å². The highest BCUT2D eigenvalue weighted by atomic mass is 16.4. The third-order valence-electron chi connectivity index (χ3n) is 3.01. The van der Waals surface area contributed by atoms with E-state index in [4.69, 9.17) is 14.6 Å². The second-order valence-corrected chi connectivity index (χ2v) is 4.58. The van der Waals surface area contributed by atoms with Crippen molar-refractivity contribution >= 4 is 11.9 Å². The maximum absolute atomic E-state index is 10.8. The number of hydrogen-bond acceptors (Lipinski definition) is 3. The van der Waals surface area contributed by atoms with Gasteiger partial charge in [0.05, 0.1) is 12.0 Å². The quantitative estimate of drug-likeness (QED) is 0.874. The maximum Gasteiger partial charge on any atom is 0.335 e. The van der Waals surface area contributed by atoms with Crippen LogP contribution in [0.3, 0.4) is 0 Å². The highest BCUT2D eigenvalue weighted by molar-refractivity contribution is 5.88. The van der Waals surface area contributed by atoms with Crippen molar-refractivity contribution < 1.29 is 24.2 Å². The van der Waals surface area contributed by atoms with Gasteiger partial charge in [0.15, 0.2) is 0 Å². The molecule has 2 N–H and O–H groups in total. The number of aromatic carboxylic acids is 1. The zero-order valence-electron chi connectivity index (χ0n) is 10.9. The van der Waals surface area contributed by atoms with E-state index in [0.29, 0.717) is 11.5 Å². The second kappa shape index (κ2) is 5.61. The Kier molecular flexibility index (Phi) is 3.89.